The number of amides is 1. The molecule has 0 aromatic rings. The normalized spacial score (nSPS) is 14.3. The molecule has 88 valence electrons. The number of hydrogen-bond acceptors (Lipinski definition) is 3. The summed E-state index contributed by atoms with van der Waals surface area (Å²) in [4.78, 5) is 22.0. The van der Waals surface area contributed by atoms with Crippen LogP contribution in [-0.4, -0.2) is 29.1 Å². The zero-order valence-electron chi connectivity index (χ0n) is 9.32. The molecule has 0 radical (unpaired) electrons. The summed E-state index contributed by atoms with van der Waals surface area (Å²) in [6.45, 7) is 3.70. The van der Waals surface area contributed by atoms with Crippen LogP contribution in [0.1, 0.15) is 39.5 Å². The van der Waals surface area contributed by atoms with Crippen molar-refractivity contribution in [1.29, 1.82) is 0 Å². The summed E-state index contributed by atoms with van der Waals surface area (Å²) < 4.78 is 0. The number of carbonyl (C=O) groups excluding carboxylic acids is 1. The first-order chi connectivity index (χ1) is 7.01. The minimum absolute atomic E-state index is 0.179. The highest BCUT2D eigenvalue weighted by Crippen LogP contribution is 1.99. The average Bonchev–Trinajstić information content (AvgIpc) is 2.13. The zero-order chi connectivity index (χ0) is 11.8. The molecule has 15 heavy (non-hydrogen) atoms. The minimum atomic E-state index is -1.00. The van der Waals surface area contributed by atoms with Crippen molar-refractivity contribution in [3.05, 3.63) is 0 Å². The molecule has 0 aliphatic carbocycles. The molecule has 5 heteroatoms. The van der Waals surface area contributed by atoms with Crippen LogP contribution in [0.5, 0.6) is 0 Å². The van der Waals surface area contributed by atoms with Crippen molar-refractivity contribution in [2.45, 2.75) is 51.6 Å². The topological polar surface area (TPSA) is 92.4 Å². The fourth-order valence-corrected chi connectivity index (χ4v) is 1.30. The number of aliphatic carboxylic acids is 1. The molecular weight excluding hydrogens is 196 g/mol. The fraction of sp³-hybridized carbons (Fsp3) is 0.800. The van der Waals surface area contributed by atoms with Crippen LogP contribution in [0.2, 0.25) is 0 Å². The zero-order valence-corrected chi connectivity index (χ0v) is 9.32. The lowest BCUT2D eigenvalue weighted by Gasteiger charge is -2.14. The summed E-state index contributed by atoms with van der Waals surface area (Å²) in [6.07, 6.45) is 2.27. The number of carbonyl (C=O) groups is 2. The molecule has 0 spiro atoms. The van der Waals surface area contributed by atoms with E-state index < -0.39 is 12.0 Å². The summed E-state index contributed by atoms with van der Waals surface area (Å²) in [7, 11) is 0. The Morgan fingerprint density at radius 1 is 1.40 bits per heavy atom. The number of nitrogens with one attached hydrogen (secondary N) is 1. The Kier molecular flexibility index (Phi) is 6.70. The van der Waals surface area contributed by atoms with Crippen molar-refractivity contribution in [2.75, 3.05) is 0 Å². The van der Waals surface area contributed by atoms with E-state index in [4.69, 9.17) is 10.8 Å². The van der Waals surface area contributed by atoms with Gasteiger partial charge in [0.1, 0.15) is 6.04 Å². The van der Waals surface area contributed by atoms with Crippen LogP contribution in [0.4, 0.5) is 0 Å². The van der Waals surface area contributed by atoms with Crippen molar-refractivity contribution in [3.63, 3.8) is 0 Å². The Morgan fingerprint density at radius 2 is 2.00 bits per heavy atom. The lowest BCUT2D eigenvalue weighted by atomic mass is 10.1. The molecule has 4 N–H and O–H groups in total. The molecule has 1 unspecified atom stereocenters. The first-order valence-corrected chi connectivity index (χ1v) is 5.29. The maximum absolute atomic E-state index is 11.3. The third-order valence-electron chi connectivity index (χ3n) is 2.15. The van der Waals surface area contributed by atoms with Gasteiger partial charge in [-0.15, -0.1) is 0 Å². The van der Waals surface area contributed by atoms with Gasteiger partial charge in [-0.25, -0.2) is 4.79 Å². The molecule has 5 nitrogen and oxygen atoms in total. The molecule has 0 rings (SSSR count). The van der Waals surface area contributed by atoms with Gasteiger partial charge < -0.3 is 16.2 Å². The van der Waals surface area contributed by atoms with E-state index in [0.29, 0.717) is 6.42 Å². The number of carboxylic acids is 1. The second-order valence-corrected chi connectivity index (χ2v) is 3.62. The Bertz CT molecular complexity index is 219. The second-order valence-electron chi connectivity index (χ2n) is 3.62. The fourth-order valence-electron chi connectivity index (χ4n) is 1.30. The van der Waals surface area contributed by atoms with Crippen LogP contribution in [-0.2, 0) is 9.59 Å². The van der Waals surface area contributed by atoms with Gasteiger partial charge in [-0.3, -0.25) is 4.79 Å². The van der Waals surface area contributed by atoms with E-state index in [9.17, 15) is 9.59 Å². The second kappa shape index (κ2) is 7.23. The first kappa shape index (κ1) is 13.9. The van der Waals surface area contributed by atoms with Crippen molar-refractivity contribution >= 4 is 11.9 Å². The van der Waals surface area contributed by atoms with Crippen molar-refractivity contribution < 1.29 is 14.7 Å². The quantitative estimate of drug-likeness (QED) is 0.577. The number of carboxylic acid groups (broad SMARTS) is 1. The van der Waals surface area contributed by atoms with E-state index in [1.54, 1.807) is 6.92 Å². The summed E-state index contributed by atoms with van der Waals surface area (Å²) in [6, 6.07) is -0.979. The molecular formula is C10H20N2O3. The molecule has 0 saturated heterocycles. The van der Waals surface area contributed by atoms with Crippen LogP contribution >= 0.6 is 0 Å². The maximum atomic E-state index is 11.3. The predicted octanol–water partition coefficient (Wildman–Crippen LogP) is 0.483. The average molecular weight is 216 g/mol. The van der Waals surface area contributed by atoms with E-state index in [0.717, 1.165) is 12.8 Å². The molecule has 1 amide bonds. The number of nitrogens with two attached hydrogens (primary N) is 1. The SMILES string of the molecule is CCCC(N)CC(=O)N[C@@H](CC)C(=O)O. The van der Waals surface area contributed by atoms with E-state index in [-0.39, 0.29) is 18.4 Å². The predicted molar refractivity (Wildman–Crippen MR) is 57.4 cm³/mol. The largest absolute Gasteiger partial charge is 0.480 e. The standard InChI is InChI=1S/C10H20N2O3/c1-3-5-7(11)6-9(13)12-8(4-2)10(14)15/h7-8H,3-6,11H2,1-2H3,(H,12,13)(H,14,15)/t7?,8-/m0/s1. The molecule has 0 heterocycles. The molecule has 0 aromatic heterocycles. The Balaban J connectivity index is 3.96. The van der Waals surface area contributed by atoms with Crippen LogP contribution in [0, 0.1) is 0 Å². The van der Waals surface area contributed by atoms with Gasteiger partial charge in [-0.05, 0) is 12.8 Å². The molecule has 0 fully saturated rings. The summed E-state index contributed by atoms with van der Waals surface area (Å²) >= 11 is 0. The highest BCUT2D eigenvalue weighted by Gasteiger charge is 2.18. The van der Waals surface area contributed by atoms with Gasteiger partial charge in [0.2, 0.25) is 5.91 Å². The van der Waals surface area contributed by atoms with Crippen LogP contribution in [0.3, 0.4) is 0 Å². The molecule has 0 aliphatic heterocycles. The third kappa shape index (κ3) is 6.06. The number of rotatable bonds is 7. The van der Waals surface area contributed by atoms with Crippen LogP contribution in [0.15, 0.2) is 0 Å². The van der Waals surface area contributed by atoms with Gasteiger partial charge >= 0.3 is 5.97 Å². The van der Waals surface area contributed by atoms with E-state index >= 15 is 0 Å². The van der Waals surface area contributed by atoms with Crippen LogP contribution < -0.4 is 11.1 Å². The molecule has 2 atom stereocenters. The number of hydrogen-bond donors (Lipinski definition) is 3. The van der Waals surface area contributed by atoms with Gasteiger partial charge in [0, 0.05) is 12.5 Å². The third-order valence-corrected chi connectivity index (χ3v) is 2.15. The summed E-state index contributed by atoms with van der Waals surface area (Å²) in [5, 5.41) is 11.2. The first-order valence-electron chi connectivity index (χ1n) is 5.29. The smallest absolute Gasteiger partial charge is 0.326 e. The Hall–Kier alpha value is -1.10. The highest BCUT2D eigenvalue weighted by molar-refractivity contribution is 5.83. The van der Waals surface area contributed by atoms with Crippen molar-refractivity contribution in [3.8, 4) is 0 Å². The van der Waals surface area contributed by atoms with Crippen molar-refractivity contribution in [2.24, 2.45) is 5.73 Å². The lowest BCUT2D eigenvalue weighted by molar-refractivity contribution is -0.141. The van der Waals surface area contributed by atoms with Gasteiger partial charge in [-0.1, -0.05) is 20.3 Å². The molecule has 0 aliphatic rings. The summed E-state index contributed by atoms with van der Waals surface area (Å²) in [5.41, 5.74) is 5.67. The Morgan fingerprint density at radius 3 is 2.40 bits per heavy atom. The minimum Gasteiger partial charge on any atom is -0.480 e. The van der Waals surface area contributed by atoms with Gasteiger partial charge in [0.15, 0.2) is 0 Å². The molecule has 0 saturated carbocycles. The highest BCUT2D eigenvalue weighted by atomic mass is 16.4. The van der Waals surface area contributed by atoms with E-state index in [1.807, 2.05) is 6.92 Å². The van der Waals surface area contributed by atoms with Crippen LogP contribution in [0.25, 0.3) is 0 Å². The lowest BCUT2D eigenvalue weighted by Crippen LogP contribution is -2.42. The van der Waals surface area contributed by atoms with E-state index in [1.165, 1.54) is 0 Å². The maximum Gasteiger partial charge on any atom is 0.326 e. The Labute approximate surface area is 90.0 Å². The summed E-state index contributed by atoms with van der Waals surface area (Å²) in [5.74, 6) is -1.29. The van der Waals surface area contributed by atoms with Gasteiger partial charge in [-0.2, -0.15) is 0 Å². The monoisotopic (exact) mass is 216 g/mol. The van der Waals surface area contributed by atoms with Crippen molar-refractivity contribution in [1.82, 2.24) is 5.32 Å². The van der Waals surface area contributed by atoms with Gasteiger partial charge in [0.25, 0.3) is 0 Å². The molecule has 0 aromatic carbocycles. The molecule has 0 bridgehead atoms. The van der Waals surface area contributed by atoms with Gasteiger partial charge in [0.05, 0.1) is 0 Å². The van der Waals surface area contributed by atoms with E-state index in [2.05, 4.69) is 5.32 Å².